The highest BCUT2D eigenvalue weighted by molar-refractivity contribution is 5.95. The van der Waals surface area contributed by atoms with Gasteiger partial charge in [0.25, 0.3) is 0 Å². The molecule has 2 heterocycles. The molecule has 6 nitrogen and oxygen atoms in total. The zero-order valence-corrected chi connectivity index (χ0v) is 13.0. The van der Waals surface area contributed by atoms with E-state index in [-0.39, 0.29) is 22.8 Å². The van der Waals surface area contributed by atoms with Gasteiger partial charge < -0.3 is 10.4 Å². The van der Waals surface area contributed by atoms with Gasteiger partial charge in [-0.25, -0.2) is 14.8 Å². The molecule has 0 aliphatic carbocycles. The molecular formula is C17H11F3N4O2. The molecule has 0 saturated carbocycles. The predicted molar refractivity (Wildman–Crippen MR) is 86.9 cm³/mol. The zero-order valence-electron chi connectivity index (χ0n) is 13.0. The van der Waals surface area contributed by atoms with Crippen molar-refractivity contribution in [3.05, 3.63) is 66.1 Å². The summed E-state index contributed by atoms with van der Waals surface area (Å²) in [6.45, 7) is 0. The predicted octanol–water partition coefficient (Wildman–Crippen LogP) is 4.00. The monoisotopic (exact) mass is 360 g/mol. The molecule has 0 bridgehead atoms. The van der Waals surface area contributed by atoms with Crippen LogP contribution in [0, 0.1) is 0 Å². The Labute approximate surface area is 145 Å². The summed E-state index contributed by atoms with van der Waals surface area (Å²) in [5.74, 6) is -0.855. The van der Waals surface area contributed by atoms with Crippen LogP contribution in [0.1, 0.15) is 15.9 Å². The van der Waals surface area contributed by atoms with Gasteiger partial charge in [0, 0.05) is 24.2 Å². The molecule has 2 aromatic heterocycles. The molecule has 2 N–H and O–H groups in total. The van der Waals surface area contributed by atoms with E-state index >= 15 is 0 Å². The summed E-state index contributed by atoms with van der Waals surface area (Å²) in [5, 5.41) is 12.0. The number of carbonyl (C=O) groups is 1. The first-order valence-electron chi connectivity index (χ1n) is 7.29. The molecule has 3 aromatic rings. The standard InChI is InChI=1S/C17H11F3N4O2/c18-17(19,20)11-7-10(8-21-9-11)15-22-6-5-14(24-15)23-13-4-2-1-3-12(13)16(25)26/h1-9H,(H,25,26)(H,22,23,24). The maximum Gasteiger partial charge on any atom is 0.417 e. The number of alkyl halides is 3. The van der Waals surface area contributed by atoms with E-state index in [0.29, 0.717) is 11.9 Å². The Balaban J connectivity index is 1.94. The second kappa shape index (κ2) is 6.79. The maximum atomic E-state index is 12.8. The third-order valence-electron chi connectivity index (χ3n) is 3.40. The number of carboxylic acid groups (broad SMARTS) is 1. The van der Waals surface area contributed by atoms with Crippen LogP contribution >= 0.6 is 0 Å². The van der Waals surface area contributed by atoms with Gasteiger partial charge in [-0.1, -0.05) is 12.1 Å². The smallest absolute Gasteiger partial charge is 0.417 e. The van der Waals surface area contributed by atoms with Crippen LogP contribution in [0.2, 0.25) is 0 Å². The van der Waals surface area contributed by atoms with Crippen molar-refractivity contribution in [2.45, 2.75) is 6.18 Å². The highest BCUT2D eigenvalue weighted by Crippen LogP contribution is 2.31. The summed E-state index contributed by atoms with van der Waals surface area (Å²) in [6.07, 6.45) is -1.23. The van der Waals surface area contributed by atoms with Gasteiger partial charge in [0.1, 0.15) is 5.82 Å². The van der Waals surface area contributed by atoms with Crippen LogP contribution in [0.4, 0.5) is 24.7 Å². The average molecular weight is 360 g/mol. The van der Waals surface area contributed by atoms with Crippen LogP contribution in [0.15, 0.2) is 55.0 Å². The van der Waals surface area contributed by atoms with Crippen molar-refractivity contribution >= 4 is 17.5 Å². The zero-order chi connectivity index (χ0) is 18.7. The Bertz CT molecular complexity index is 960. The second-order valence-corrected chi connectivity index (χ2v) is 5.20. The topological polar surface area (TPSA) is 88.0 Å². The second-order valence-electron chi connectivity index (χ2n) is 5.20. The Hall–Kier alpha value is -3.49. The minimum absolute atomic E-state index is 0.0291. The number of anilines is 2. The van der Waals surface area contributed by atoms with Crippen LogP contribution < -0.4 is 5.32 Å². The number of aromatic carboxylic acids is 1. The lowest BCUT2D eigenvalue weighted by atomic mass is 10.2. The quantitative estimate of drug-likeness (QED) is 0.731. The number of carboxylic acids is 1. The Kier molecular flexibility index (Phi) is 4.53. The van der Waals surface area contributed by atoms with Crippen molar-refractivity contribution in [1.29, 1.82) is 0 Å². The van der Waals surface area contributed by atoms with E-state index in [0.717, 1.165) is 6.07 Å². The van der Waals surface area contributed by atoms with Crippen molar-refractivity contribution in [3.8, 4) is 11.4 Å². The van der Waals surface area contributed by atoms with Gasteiger partial charge in [-0.15, -0.1) is 0 Å². The van der Waals surface area contributed by atoms with Crippen LogP contribution in [0.5, 0.6) is 0 Å². The van der Waals surface area contributed by atoms with E-state index in [9.17, 15) is 23.1 Å². The van der Waals surface area contributed by atoms with Crippen molar-refractivity contribution in [1.82, 2.24) is 15.0 Å². The molecule has 26 heavy (non-hydrogen) atoms. The molecule has 0 atom stereocenters. The number of hydrogen-bond donors (Lipinski definition) is 2. The Morgan fingerprint density at radius 2 is 1.88 bits per heavy atom. The number of hydrogen-bond acceptors (Lipinski definition) is 5. The Morgan fingerprint density at radius 3 is 2.62 bits per heavy atom. The molecule has 0 radical (unpaired) electrons. The molecule has 0 saturated heterocycles. The van der Waals surface area contributed by atoms with Gasteiger partial charge in [0.15, 0.2) is 5.82 Å². The largest absolute Gasteiger partial charge is 0.478 e. The van der Waals surface area contributed by atoms with Gasteiger partial charge in [-0.05, 0) is 24.3 Å². The fraction of sp³-hybridized carbons (Fsp3) is 0.0588. The molecule has 0 aliphatic rings. The summed E-state index contributed by atoms with van der Waals surface area (Å²) in [6, 6.07) is 8.57. The van der Waals surface area contributed by atoms with Gasteiger partial charge in [-0.3, -0.25) is 4.98 Å². The Morgan fingerprint density at radius 1 is 1.12 bits per heavy atom. The van der Waals surface area contributed by atoms with E-state index in [1.165, 1.54) is 24.5 Å². The number of nitrogens with one attached hydrogen (secondary N) is 1. The van der Waals surface area contributed by atoms with E-state index in [1.54, 1.807) is 18.2 Å². The van der Waals surface area contributed by atoms with E-state index in [1.807, 2.05) is 0 Å². The number of nitrogens with zero attached hydrogens (tertiary/aromatic N) is 3. The van der Waals surface area contributed by atoms with E-state index < -0.39 is 17.7 Å². The SMILES string of the molecule is O=C(O)c1ccccc1Nc1ccnc(-c2cncc(C(F)(F)F)c2)n1. The molecule has 0 spiro atoms. The molecular weight excluding hydrogens is 349 g/mol. The lowest BCUT2D eigenvalue weighted by Crippen LogP contribution is -2.06. The van der Waals surface area contributed by atoms with Gasteiger partial charge in [-0.2, -0.15) is 13.2 Å². The number of pyridine rings is 1. The molecule has 132 valence electrons. The van der Waals surface area contributed by atoms with Crippen LogP contribution in [0.25, 0.3) is 11.4 Å². The summed E-state index contributed by atoms with van der Waals surface area (Å²) in [4.78, 5) is 22.9. The maximum absolute atomic E-state index is 12.8. The molecule has 9 heteroatoms. The third-order valence-corrected chi connectivity index (χ3v) is 3.40. The van der Waals surface area contributed by atoms with Crippen LogP contribution in [0.3, 0.4) is 0 Å². The van der Waals surface area contributed by atoms with Gasteiger partial charge in [0.05, 0.1) is 16.8 Å². The minimum Gasteiger partial charge on any atom is -0.478 e. The normalized spacial score (nSPS) is 11.2. The first-order chi connectivity index (χ1) is 12.3. The van der Waals surface area contributed by atoms with Gasteiger partial charge >= 0.3 is 12.1 Å². The fourth-order valence-corrected chi connectivity index (χ4v) is 2.20. The van der Waals surface area contributed by atoms with Crippen molar-refractivity contribution < 1.29 is 23.1 Å². The first-order valence-corrected chi connectivity index (χ1v) is 7.29. The number of halogens is 3. The summed E-state index contributed by atoms with van der Waals surface area (Å²) in [5.41, 5.74) is -0.483. The van der Waals surface area contributed by atoms with Crippen molar-refractivity contribution in [2.75, 3.05) is 5.32 Å². The molecule has 1 aromatic carbocycles. The number of benzene rings is 1. The minimum atomic E-state index is -4.53. The number of rotatable bonds is 4. The van der Waals surface area contributed by atoms with Gasteiger partial charge in [0.2, 0.25) is 0 Å². The number of para-hydroxylation sites is 1. The molecule has 3 rings (SSSR count). The van der Waals surface area contributed by atoms with Crippen LogP contribution in [-0.2, 0) is 6.18 Å². The first kappa shape index (κ1) is 17.3. The highest BCUT2D eigenvalue weighted by Gasteiger charge is 2.31. The summed E-state index contributed by atoms with van der Waals surface area (Å²) in [7, 11) is 0. The van der Waals surface area contributed by atoms with Crippen molar-refractivity contribution in [2.24, 2.45) is 0 Å². The average Bonchev–Trinajstić information content (AvgIpc) is 2.62. The fourth-order valence-electron chi connectivity index (χ4n) is 2.20. The van der Waals surface area contributed by atoms with E-state index in [2.05, 4.69) is 20.3 Å². The lowest BCUT2D eigenvalue weighted by Gasteiger charge is -2.10. The molecule has 0 aliphatic heterocycles. The third kappa shape index (κ3) is 3.77. The number of aromatic nitrogens is 3. The summed E-state index contributed by atoms with van der Waals surface area (Å²) >= 11 is 0. The molecule has 0 unspecified atom stereocenters. The summed E-state index contributed by atoms with van der Waals surface area (Å²) < 4.78 is 38.5. The van der Waals surface area contributed by atoms with Crippen molar-refractivity contribution in [3.63, 3.8) is 0 Å². The molecule has 0 amide bonds. The highest BCUT2D eigenvalue weighted by atomic mass is 19.4. The lowest BCUT2D eigenvalue weighted by molar-refractivity contribution is -0.137. The molecule has 0 fully saturated rings. The van der Waals surface area contributed by atoms with E-state index in [4.69, 9.17) is 0 Å². The van der Waals surface area contributed by atoms with Crippen LogP contribution in [-0.4, -0.2) is 26.0 Å².